The second kappa shape index (κ2) is 10.5. The zero-order valence-corrected chi connectivity index (χ0v) is 18.2. The Hall–Kier alpha value is -2.20. The number of benzene rings is 3. The van der Waals surface area contributed by atoms with Crippen molar-refractivity contribution in [3.05, 3.63) is 93.0 Å². The lowest BCUT2D eigenvalue weighted by atomic mass is 10.1. The fraction of sp³-hybridized carbons (Fsp3) is 0.250. The number of aryl methyl sites for hydroxylation is 1. The van der Waals surface area contributed by atoms with Crippen LogP contribution in [0.4, 0.5) is 0 Å². The number of nitrogens with one attached hydrogen (secondary N) is 1. The summed E-state index contributed by atoms with van der Waals surface area (Å²) in [6, 6.07) is 19.9. The number of para-hydroxylation sites is 1. The first-order valence-corrected chi connectivity index (χ1v) is 10.3. The van der Waals surface area contributed by atoms with Crippen molar-refractivity contribution in [2.45, 2.75) is 26.5 Å². The van der Waals surface area contributed by atoms with Gasteiger partial charge in [-0.25, -0.2) is 0 Å². The molecule has 1 N–H and O–H groups in total. The molecule has 3 aromatic rings. The molecule has 3 rings (SSSR count). The predicted octanol–water partition coefficient (Wildman–Crippen LogP) is 6.22. The third-order valence-electron chi connectivity index (χ3n) is 4.65. The first kappa shape index (κ1) is 21.5. The molecule has 5 heteroatoms. The molecule has 0 aliphatic heterocycles. The van der Waals surface area contributed by atoms with Crippen molar-refractivity contribution >= 4 is 23.2 Å². The Balaban J connectivity index is 1.62. The molecule has 0 radical (unpaired) electrons. The van der Waals surface area contributed by atoms with Gasteiger partial charge in [0.2, 0.25) is 0 Å². The number of halogens is 2. The van der Waals surface area contributed by atoms with E-state index in [1.807, 2.05) is 30.3 Å². The molecular formula is C24H25Cl2NO2. The highest BCUT2D eigenvalue weighted by molar-refractivity contribution is 6.35. The van der Waals surface area contributed by atoms with Crippen molar-refractivity contribution in [2.75, 3.05) is 13.7 Å². The average molecular weight is 430 g/mol. The predicted molar refractivity (Wildman–Crippen MR) is 120 cm³/mol. The molecule has 0 aliphatic carbocycles. The Morgan fingerprint density at radius 3 is 2.52 bits per heavy atom. The van der Waals surface area contributed by atoms with Gasteiger partial charge in [0.25, 0.3) is 0 Å². The van der Waals surface area contributed by atoms with Crippen LogP contribution >= 0.6 is 23.2 Å². The van der Waals surface area contributed by atoms with Crippen LogP contribution in [0.15, 0.2) is 60.7 Å². The van der Waals surface area contributed by atoms with Crippen LogP contribution in [0.25, 0.3) is 0 Å². The molecule has 0 aromatic heterocycles. The Labute approximate surface area is 182 Å². The van der Waals surface area contributed by atoms with Gasteiger partial charge in [0, 0.05) is 22.2 Å². The zero-order valence-electron chi connectivity index (χ0n) is 16.7. The second-order valence-corrected chi connectivity index (χ2v) is 7.73. The van der Waals surface area contributed by atoms with Crippen molar-refractivity contribution in [3.8, 4) is 11.5 Å². The van der Waals surface area contributed by atoms with Crippen LogP contribution in [-0.2, 0) is 19.6 Å². The van der Waals surface area contributed by atoms with Crippen LogP contribution in [0.1, 0.15) is 22.3 Å². The third kappa shape index (κ3) is 6.14. The number of hydrogen-bond acceptors (Lipinski definition) is 3. The first-order chi connectivity index (χ1) is 14.1. The molecule has 0 spiro atoms. The quantitative estimate of drug-likeness (QED) is 0.409. The van der Waals surface area contributed by atoms with Crippen LogP contribution in [0.2, 0.25) is 10.0 Å². The van der Waals surface area contributed by atoms with Gasteiger partial charge >= 0.3 is 0 Å². The number of rotatable bonds is 9. The van der Waals surface area contributed by atoms with Gasteiger partial charge in [0.15, 0.2) is 11.5 Å². The molecule has 152 valence electrons. The van der Waals surface area contributed by atoms with Crippen LogP contribution in [0.5, 0.6) is 11.5 Å². The smallest absolute Gasteiger partial charge is 0.166 e. The first-order valence-electron chi connectivity index (χ1n) is 9.55. The fourth-order valence-corrected chi connectivity index (χ4v) is 3.66. The van der Waals surface area contributed by atoms with E-state index in [4.69, 9.17) is 32.7 Å². The summed E-state index contributed by atoms with van der Waals surface area (Å²) in [7, 11) is 1.66. The van der Waals surface area contributed by atoms with E-state index in [1.54, 1.807) is 13.2 Å². The number of hydrogen-bond donors (Lipinski definition) is 1. The maximum absolute atomic E-state index is 6.25. The van der Waals surface area contributed by atoms with E-state index in [0.717, 1.165) is 41.2 Å². The molecule has 0 aliphatic rings. The van der Waals surface area contributed by atoms with Crippen molar-refractivity contribution < 1.29 is 9.47 Å². The standard InChI is InChI=1S/C24H25Cl2NO2/c1-17-5-3-6-18(13-17)16-29-24-20(7-4-8-23(24)28-2)15-27-12-11-19-9-10-21(25)14-22(19)26/h3-10,13-14,27H,11-12,15-16H2,1-2H3. The van der Waals surface area contributed by atoms with Crippen LogP contribution in [0.3, 0.4) is 0 Å². The highest BCUT2D eigenvalue weighted by Crippen LogP contribution is 2.32. The van der Waals surface area contributed by atoms with Gasteiger partial charge in [-0.3, -0.25) is 0 Å². The summed E-state index contributed by atoms with van der Waals surface area (Å²) in [6.45, 7) is 4.03. The lowest BCUT2D eigenvalue weighted by Crippen LogP contribution is -2.17. The van der Waals surface area contributed by atoms with Crippen molar-refractivity contribution in [1.29, 1.82) is 0 Å². The Morgan fingerprint density at radius 2 is 1.76 bits per heavy atom. The van der Waals surface area contributed by atoms with E-state index >= 15 is 0 Å². The molecular weight excluding hydrogens is 405 g/mol. The van der Waals surface area contributed by atoms with Gasteiger partial charge in [0.05, 0.1) is 7.11 Å². The summed E-state index contributed by atoms with van der Waals surface area (Å²) in [5.41, 5.74) is 4.48. The van der Waals surface area contributed by atoms with Crippen molar-refractivity contribution in [2.24, 2.45) is 0 Å². The van der Waals surface area contributed by atoms with E-state index in [0.29, 0.717) is 23.2 Å². The minimum absolute atomic E-state index is 0.495. The molecule has 3 aromatic carbocycles. The molecule has 0 saturated carbocycles. The summed E-state index contributed by atoms with van der Waals surface area (Å²) in [4.78, 5) is 0. The monoisotopic (exact) mass is 429 g/mol. The molecule has 3 nitrogen and oxygen atoms in total. The van der Waals surface area contributed by atoms with Gasteiger partial charge in [0.1, 0.15) is 6.61 Å². The topological polar surface area (TPSA) is 30.5 Å². The average Bonchev–Trinajstić information content (AvgIpc) is 2.71. The van der Waals surface area contributed by atoms with Gasteiger partial charge in [-0.1, -0.05) is 71.2 Å². The van der Waals surface area contributed by atoms with E-state index in [-0.39, 0.29) is 0 Å². The molecule has 0 saturated heterocycles. The summed E-state index contributed by atoms with van der Waals surface area (Å²) in [6.07, 6.45) is 0.819. The maximum Gasteiger partial charge on any atom is 0.166 e. The zero-order chi connectivity index (χ0) is 20.6. The molecule has 0 amide bonds. The van der Waals surface area contributed by atoms with Gasteiger partial charge in [-0.2, -0.15) is 0 Å². The van der Waals surface area contributed by atoms with Crippen molar-refractivity contribution in [1.82, 2.24) is 5.32 Å². The molecule has 0 atom stereocenters. The highest BCUT2D eigenvalue weighted by atomic mass is 35.5. The fourth-order valence-electron chi connectivity index (χ4n) is 3.15. The number of ether oxygens (including phenoxy) is 2. The third-order valence-corrected chi connectivity index (χ3v) is 5.23. The van der Waals surface area contributed by atoms with Crippen LogP contribution in [-0.4, -0.2) is 13.7 Å². The van der Waals surface area contributed by atoms with E-state index in [2.05, 4.69) is 36.5 Å². The minimum atomic E-state index is 0.495. The largest absolute Gasteiger partial charge is 0.493 e. The summed E-state index contributed by atoms with van der Waals surface area (Å²) in [5.74, 6) is 1.51. The van der Waals surface area contributed by atoms with E-state index in [9.17, 15) is 0 Å². The second-order valence-electron chi connectivity index (χ2n) is 6.89. The lowest BCUT2D eigenvalue weighted by molar-refractivity contribution is 0.280. The Morgan fingerprint density at radius 1 is 0.931 bits per heavy atom. The molecule has 29 heavy (non-hydrogen) atoms. The lowest BCUT2D eigenvalue weighted by Gasteiger charge is -2.16. The van der Waals surface area contributed by atoms with Crippen LogP contribution < -0.4 is 14.8 Å². The highest BCUT2D eigenvalue weighted by Gasteiger charge is 2.11. The Bertz CT molecular complexity index is 959. The van der Waals surface area contributed by atoms with Gasteiger partial charge in [-0.05, 0) is 49.2 Å². The summed E-state index contributed by atoms with van der Waals surface area (Å²) in [5, 5.41) is 4.81. The SMILES string of the molecule is COc1cccc(CNCCc2ccc(Cl)cc2Cl)c1OCc1cccc(C)c1. The normalized spacial score (nSPS) is 10.8. The Kier molecular flexibility index (Phi) is 7.82. The number of methoxy groups -OCH3 is 1. The van der Waals surface area contributed by atoms with Gasteiger partial charge in [-0.15, -0.1) is 0 Å². The summed E-state index contributed by atoms with van der Waals surface area (Å²) >= 11 is 12.2. The molecule has 0 bridgehead atoms. The van der Waals surface area contributed by atoms with Crippen LogP contribution in [0, 0.1) is 6.92 Å². The van der Waals surface area contributed by atoms with E-state index < -0.39 is 0 Å². The molecule has 0 heterocycles. The minimum Gasteiger partial charge on any atom is -0.493 e. The van der Waals surface area contributed by atoms with Crippen molar-refractivity contribution in [3.63, 3.8) is 0 Å². The summed E-state index contributed by atoms with van der Waals surface area (Å²) < 4.78 is 11.7. The molecule has 0 unspecified atom stereocenters. The maximum atomic E-state index is 6.25. The molecule has 0 fully saturated rings. The van der Waals surface area contributed by atoms with Gasteiger partial charge < -0.3 is 14.8 Å². The van der Waals surface area contributed by atoms with E-state index in [1.165, 1.54) is 5.56 Å².